The highest BCUT2D eigenvalue weighted by Gasteiger charge is 2.40. The average molecular weight is 257 g/mol. The molecule has 17 heavy (non-hydrogen) atoms. The van der Waals surface area contributed by atoms with Gasteiger partial charge in [0.15, 0.2) is 11.5 Å². The Morgan fingerprint density at radius 3 is 2.47 bits per heavy atom. The summed E-state index contributed by atoms with van der Waals surface area (Å²) >= 11 is 6.25. The summed E-state index contributed by atoms with van der Waals surface area (Å²) in [6.07, 6.45) is 2.34. The highest BCUT2D eigenvalue weighted by atomic mass is 35.5. The molecular formula is C13H17ClO3. The number of hydrogen-bond donors (Lipinski definition) is 1. The number of benzene rings is 1. The third-order valence-corrected chi connectivity index (χ3v) is 3.77. The molecule has 0 aromatic heterocycles. The standard InChI is InChI=1S/C13H17ClO3/c1-8-9(7-13(15)4-5-13)6-10(16-2)12(17-3)11(8)14/h6,15H,4-5,7H2,1-3H3. The fourth-order valence-corrected chi connectivity index (χ4v) is 2.24. The first-order valence-corrected chi connectivity index (χ1v) is 6.01. The van der Waals surface area contributed by atoms with Gasteiger partial charge in [-0.3, -0.25) is 0 Å². The van der Waals surface area contributed by atoms with E-state index in [-0.39, 0.29) is 0 Å². The van der Waals surface area contributed by atoms with E-state index >= 15 is 0 Å². The van der Waals surface area contributed by atoms with E-state index in [2.05, 4.69) is 0 Å². The van der Waals surface area contributed by atoms with Gasteiger partial charge in [-0.05, 0) is 37.0 Å². The summed E-state index contributed by atoms with van der Waals surface area (Å²) in [5.74, 6) is 1.17. The van der Waals surface area contributed by atoms with Gasteiger partial charge in [0.1, 0.15) is 0 Å². The number of methoxy groups -OCH3 is 2. The lowest BCUT2D eigenvalue weighted by Gasteiger charge is -2.17. The van der Waals surface area contributed by atoms with Gasteiger partial charge in [-0.1, -0.05) is 11.6 Å². The Morgan fingerprint density at radius 2 is 2.00 bits per heavy atom. The average Bonchev–Trinajstić information content (AvgIpc) is 3.02. The first-order valence-electron chi connectivity index (χ1n) is 5.63. The van der Waals surface area contributed by atoms with Crippen LogP contribution in [0, 0.1) is 6.92 Å². The number of hydrogen-bond acceptors (Lipinski definition) is 3. The molecule has 1 fully saturated rings. The van der Waals surface area contributed by atoms with Crippen LogP contribution >= 0.6 is 11.6 Å². The minimum Gasteiger partial charge on any atom is -0.493 e. The molecule has 94 valence electrons. The highest BCUT2D eigenvalue weighted by molar-refractivity contribution is 6.33. The molecule has 1 N–H and O–H groups in total. The largest absolute Gasteiger partial charge is 0.493 e. The number of ether oxygens (including phenoxy) is 2. The third-order valence-electron chi connectivity index (χ3n) is 3.31. The SMILES string of the molecule is COc1cc(CC2(O)CC2)c(C)c(Cl)c1OC. The Labute approximate surface area is 106 Å². The van der Waals surface area contributed by atoms with Crippen molar-refractivity contribution in [3.8, 4) is 11.5 Å². The van der Waals surface area contributed by atoms with Gasteiger partial charge in [0.05, 0.1) is 24.8 Å². The second kappa shape index (κ2) is 4.39. The Hall–Kier alpha value is -0.930. The van der Waals surface area contributed by atoms with Gasteiger partial charge >= 0.3 is 0 Å². The van der Waals surface area contributed by atoms with Crippen molar-refractivity contribution in [2.75, 3.05) is 14.2 Å². The molecule has 2 rings (SSSR count). The van der Waals surface area contributed by atoms with Gasteiger partial charge in [-0.2, -0.15) is 0 Å². The van der Waals surface area contributed by atoms with E-state index < -0.39 is 5.60 Å². The maximum absolute atomic E-state index is 9.97. The van der Waals surface area contributed by atoms with E-state index in [1.165, 1.54) is 0 Å². The van der Waals surface area contributed by atoms with Crippen molar-refractivity contribution >= 4 is 11.6 Å². The van der Waals surface area contributed by atoms with Crippen LogP contribution in [0.5, 0.6) is 11.5 Å². The molecule has 0 aliphatic heterocycles. The summed E-state index contributed by atoms with van der Waals surface area (Å²) in [5.41, 5.74) is 1.44. The van der Waals surface area contributed by atoms with Gasteiger partial charge in [0.25, 0.3) is 0 Å². The van der Waals surface area contributed by atoms with Gasteiger partial charge in [0.2, 0.25) is 0 Å². The molecule has 3 nitrogen and oxygen atoms in total. The van der Waals surface area contributed by atoms with Crippen molar-refractivity contribution in [3.63, 3.8) is 0 Å². The summed E-state index contributed by atoms with van der Waals surface area (Å²) in [6, 6.07) is 1.90. The van der Waals surface area contributed by atoms with E-state index in [0.29, 0.717) is 22.9 Å². The fraction of sp³-hybridized carbons (Fsp3) is 0.538. The van der Waals surface area contributed by atoms with Crippen LogP contribution in [0.4, 0.5) is 0 Å². The monoisotopic (exact) mass is 256 g/mol. The molecule has 4 heteroatoms. The van der Waals surface area contributed by atoms with Crippen molar-refractivity contribution in [2.24, 2.45) is 0 Å². The van der Waals surface area contributed by atoms with E-state index in [0.717, 1.165) is 24.0 Å². The van der Waals surface area contributed by atoms with Crippen LogP contribution in [0.1, 0.15) is 24.0 Å². The molecule has 0 radical (unpaired) electrons. The quantitative estimate of drug-likeness (QED) is 0.900. The van der Waals surface area contributed by atoms with E-state index in [1.807, 2.05) is 13.0 Å². The number of aliphatic hydroxyl groups is 1. The molecule has 0 saturated heterocycles. The summed E-state index contributed by atoms with van der Waals surface area (Å²) in [4.78, 5) is 0. The lowest BCUT2D eigenvalue weighted by Crippen LogP contribution is -2.12. The first kappa shape index (κ1) is 12.5. The summed E-state index contributed by atoms with van der Waals surface area (Å²) in [6.45, 7) is 1.94. The van der Waals surface area contributed by atoms with Crippen LogP contribution < -0.4 is 9.47 Å². The normalized spacial score (nSPS) is 16.8. The van der Waals surface area contributed by atoms with Gasteiger partial charge < -0.3 is 14.6 Å². The van der Waals surface area contributed by atoms with Gasteiger partial charge in [-0.15, -0.1) is 0 Å². The topological polar surface area (TPSA) is 38.7 Å². The second-order valence-electron chi connectivity index (χ2n) is 4.61. The Kier molecular flexibility index (Phi) is 3.23. The molecule has 0 amide bonds. The van der Waals surface area contributed by atoms with E-state index in [9.17, 15) is 5.11 Å². The predicted molar refractivity (Wildman–Crippen MR) is 67.2 cm³/mol. The lowest BCUT2D eigenvalue weighted by atomic mass is 10.0. The lowest BCUT2D eigenvalue weighted by molar-refractivity contribution is 0.150. The Morgan fingerprint density at radius 1 is 1.35 bits per heavy atom. The highest BCUT2D eigenvalue weighted by Crippen LogP contribution is 2.44. The van der Waals surface area contributed by atoms with Crippen molar-refractivity contribution < 1.29 is 14.6 Å². The van der Waals surface area contributed by atoms with Crippen LogP contribution in [0.15, 0.2) is 6.07 Å². The van der Waals surface area contributed by atoms with Crippen molar-refractivity contribution in [2.45, 2.75) is 31.8 Å². The number of rotatable bonds is 4. The van der Waals surface area contributed by atoms with Crippen LogP contribution in [-0.4, -0.2) is 24.9 Å². The smallest absolute Gasteiger partial charge is 0.179 e. The molecule has 0 spiro atoms. The van der Waals surface area contributed by atoms with E-state index in [4.69, 9.17) is 21.1 Å². The third kappa shape index (κ3) is 2.35. The molecular weight excluding hydrogens is 240 g/mol. The van der Waals surface area contributed by atoms with Crippen LogP contribution in [0.25, 0.3) is 0 Å². The maximum Gasteiger partial charge on any atom is 0.179 e. The molecule has 0 heterocycles. The zero-order valence-corrected chi connectivity index (χ0v) is 11.1. The molecule has 1 aliphatic carbocycles. The Bertz CT molecular complexity index is 439. The van der Waals surface area contributed by atoms with Crippen molar-refractivity contribution in [1.82, 2.24) is 0 Å². The fourth-order valence-electron chi connectivity index (χ4n) is 1.95. The summed E-state index contributed by atoms with van der Waals surface area (Å²) in [7, 11) is 3.15. The molecule has 0 unspecified atom stereocenters. The van der Waals surface area contributed by atoms with Crippen LogP contribution in [0.3, 0.4) is 0 Å². The predicted octanol–water partition coefficient (Wildman–Crippen LogP) is 2.73. The Balaban J connectivity index is 2.42. The first-order chi connectivity index (χ1) is 8.00. The van der Waals surface area contributed by atoms with Crippen molar-refractivity contribution in [1.29, 1.82) is 0 Å². The molecule has 1 aromatic carbocycles. The molecule has 0 bridgehead atoms. The number of halogens is 1. The van der Waals surface area contributed by atoms with Gasteiger partial charge in [-0.25, -0.2) is 0 Å². The zero-order valence-electron chi connectivity index (χ0n) is 10.3. The zero-order chi connectivity index (χ0) is 12.6. The molecule has 1 aliphatic rings. The second-order valence-corrected chi connectivity index (χ2v) is 4.99. The van der Waals surface area contributed by atoms with E-state index in [1.54, 1.807) is 14.2 Å². The van der Waals surface area contributed by atoms with Gasteiger partial charge in [0, 0.05) is 6.42 Å². The summed E-state index contributed by atoms with van der Waals surface area (Å²) < 4.78 is 10.5. The molecule has 0 atom stereocenters. The summed E-state index contributed by atoms with van der Waals surface area (Å²) in [5, 5.41) is 10.5. The molecule has 1 aromatic rings. The minimum atomic E-state index is -0.534. The maximum atomic E-state index is 9.97. The van der Waals surface area contributed by atoms with Crippen LogP contribution in [0.2, 0.25) is 5.02 Å². The molecule has 1 saturated carbocycles. The van der Waals surface area contributed by atoms with Crippen LogP contribution in [-0.2, 0) is 6.42 Å². The minimum absolute atomic E-state index is 0.534. The van der Waals surface area contributed by atoms with Crippen molar-refractivity contribution in [3.05, 3.63) is 22.2 Å².